The van der Waals surface area contributed by atoms with Crippen molar-refractivity contribution in [2.45, 2.75) is 88.3 Å². The molecule has 6 heteroatoms. The highest BCUT2D eigenvalue weighted by atomic mass is 32.2. The summed E-state index contributed by atoms with van der Waals surface area (Å²) in [5.74, 6) is 2.75. The first-order chi connectivity index (χ1) is 16.0. The minimum atomic E-state index is -4.57. The molecule has 188 valence electrons. The lowest BCUT2D eigenvalue weighted by molar-refractivity contribution is -0.271. The fourth-order valence-electron chi connectivity index (χ4n) is 8.41. The molecule has 0 aromatic heterocycles. The van der Waals surface area contributed by atoms with E-state index in [0.717, 1.165) is 42.6 Å². The smallest absolute Gasteiger partial charge is 0.417 e. The van der Waals surface area contributed by atoms with Crippen molar-refractivity contribution in [1.82, 2.24) is 0 Å². The largest absolute Gasteiger partial charge is 0.611 e. The van der Waals surface area contributed by atoms with Crippen molar-refractivity contribution in [3.05, 3.63) is 42.0 Å². The van der Waals surface area contributed by atoms with Crippen LogP contribution in [0.5, 0.6) is 0 Å². The summed E-state index contributed by atoms with van der Waals surface area (Å²) < 4.78 is 53.5. The summed E-state index contributed by atoms with van der Waals surface area (Å²) in [5, 5.41) is 10.4. The molecule has 4 aliphatic carbocycles. The lowest BCUT2D eigenvalue weighted by Gasteiger charge is -2.59. The number of hydrogen-bond donors (Lipinski definition) is 1. The third kappa shape index (κ3) is 3.87. The van der Waals surface area contributed by atoms with Crippen LogP contribution in [0.2, 0.25) is 0 Å². The molecule has 34 heavy (non-hydrogen) atoms. The van der Waals surface area contributed by atoms with Crippen molar-refractivity contribution in [2.24, 2.45) is 34.5 Å². The van der Waals surface area contributed by atoms with E-state index in [1.807, 2.05) is 30.3 Å². The molecular formula is C28H37F3O2S. The predicted molar refractivity (Wildman–Crippen MR) is 129 cm³/mol. The highest BCUT2D eigenvalue weighted by Crippen LogP contribution is 2.67. The Balaban J connectivity index is 1.30. The molecule has 0 aliphatic heterocycles. The van der Waals surface area contributed by atoms with E-state index in [1.54, 1.807) is 0 Å². The Bertz CT molecular complexity index is 933. The zero-order valence-corrected chi connectivity index (χ0v) is 21.1. The van der Waals surface area contributed by atoms with Gasteiger partial charge in [-0.05, 0) is 109 Å². The Morgan fingerprint density at radius 3 is 2.47 bits per heavy atom. The Kier molecular flexibility index (Phi) is 6.21. The van der Waals surface area contributed by atoms with Crippen LogP contribution in [0, 0.1) is 34.5 Å². The molecule has 0 amide bonds. The van der Waals surface area contributed by atoms with Gasteiger partial charge in [-0.3, -0.25) is 0 Å². The van der Waals surface area contributed by atoms with Crippen LogP contribution in [0.15, 0.2) is 46.9 Å². The summed E-state index contributed by atoms with van der Waals surface area (Å²) in [7, 11) is 0. The maximum Gasteiger partial charge on any atom is 0.417 e. The molecule has 2 nitrogen and oxygen atoms in total. The van der Waals surface area contributed by atoms with Gasteiger partial charge in [-0.15, -0.1) is 0 Å². The van der Waals surface area contributed by atoms with Gasteiger partial charge < -0.3 is 9.66 Å². The van der Waals surface area contributed by atoms with Gasteiger partial charge in [0.1, 0.15) is 5.75 Å². The average Bonchev–Trinajstić information content (AvgIpc) is 3.14. The maximum absolute atomic E-state index is 13.6. The fraction of sp³-hybridized carbons (Fsp3) is 0.714. The lowest BCUT2D eigenvalue weighted by Crippen LogP contribution is -2.55. The quantitative estimate of drug-likeness (QED) is 0.360. The molecule has 0 heterocycles. The van der Waals surface area contributed by atoms with Crippen LogP contribution >= 0.6 is 0 Å². The molecule has 8 unspecified atom stereocenters. The molecule has 0 bridgehead atoms. The minimum absolute atomic E-state index is 0.191. The summed E-state index contributed by atoms with van der Waals surface area (Å²) in [6.45, 7) is 4.60. The van der Waals surface area contributed by atoms with Crippen LogP contribution in [0.3, 0.4) is 0 Å². The number of rotatable bonds is 4. The number of benzene rings is 1. The molecule has 4 aliphatic rings. The van der Waals surface area contributed by atoms with Crippen molar-refractivity contribution < 1.29 is 22.8 Å². The van der Waals surface area contributed by atoms with Gasteiger partial charge in [-0.2, -0.15) is 13.2 Å². The molecule has 3 saturated carbocycles. The molecule has 1 N–H and O–H groups in total. The van der Waals surface area contributed by atoms with Crippen molar-refractivity contribution >= 4 is 11.2 Å². The van der Waals surface area contributed by atoms with Crippen LogP contribution in [0.25, 0.3) is 0 Å². The molecule has 0 saturated heterocycles. The molecule has 8 atom stereocenters. The Hall–Kier alpha value is -0.980. The highest BCUT2D eigenvalue weighted by Gasteiger charge is 2.63. The van der Waals surface area contributed by atoms with Crippen LogP contribution < -0.4 is 0 Å². The molecule has 1 aromatic rings. The molecule has 3 fully saturated rings. The standard InChI is InChI=1S/C28H37F3O2S/c1-25-14-12-24-22(10-8-20-18-27(32,28(29,30)31)16-15-26(20,24)2)23(25)11-9-19(25)13-17-34(33)21-6-4-3-5-7-21/h3-8,19,22-24,32H,9-18H2,1-2H3. The first kappa shape index (κ1) is 24.7. The minimum Gasteiger partial charge on any atom is -0.611 e. The molecule has 0 radical (unpaired) electrons. The first-order valence-electron chi connectivity index (χ1n) is 12.9. The summed E-state index contributed by atoms with van der Waals surface area (Å²) in [6, 6.07) is 9.71. The van der Waals surface area contributed by atoms with Gasteiger partial charge >= 0.3 is 6.18 Å². The van der Waals surface area contributed by atoms with Crippen LogP contribution in [0.1, 0.15) is 71.6 Å². The van der Waals surface area contributed by atoms with Crippen molar-refractivity contribution in [3.63, 3.8) is 0 Å². The third-order valence-corrected chi connectivity index (χ3v) is 12.0. The second-order valence-corrected chi connectivity index (χ2v) is 13.5. The third-order valence-electron chi connectivity index (χ3n) is 10.5. The number of fused-ring (bicyclic) bond motifs is 5. The summed E-state index contributed by atoms with van der Waals surface area (Å²) in [5.41, 5.74) is -1.72. The zero-order valence-electron chi connectivity index (χ0n) is 20.2. The predicted octanol–water partition coefficient (Wildman–Crippen LogP) is 7.06. The van der Waals surface area contributed by atoms with Gasteiger partial charge in [0.2, 0.25) is 0 Å². The molecule has 1 aromatic carbocycles. The average molecular weight is 495 g/mol. The highest BCUT2D eigenvalue weighted by molar-refractivity contribution is 7.91. The Morgan fingerprint density at radius 2 is 1.76 bits per heavy atom. The second-order valence-electron chi connectivity index (χ2n) is 11.9. The van der Waals surface area contributed by atoms with Crippen LogP contribution in [-0.2, 0) is 11.2 Å². The second kappa shape index (κ2) is 8.55. The summed E-state index contributed by atoms with van der Waals surface area (Å²) in [6.07, 6.45) is 3.77. The lowest BCUT2D eigenvalue weighted by atomic mass is 9.46. The van der Waals surface area contributed by atoms with Gasteiger partial charge in [0.05, 0.1) is 0 Å². The number of aliphatic hydroxyl groups is 1. The summed E-state index contributed by atoms with van der Waals surface area (Å²) >= 11 is -0.970. The van der Waals surface area contributed by atoms with Crippen molar-refractivity contribution in [2.75, 3.05) is 5.75 Å². The van der Waals surface area contributed by atoms with Crippen molar-refractivity contribution in [1.29, 1.82) is 0 Å². The van der Waals surface area contributed by atoms with E-state index in [2.05, 4.69) is 19.9 Å². The van der Waals surface area contributed by atoms with E-state index in [-0.39, 0.29) is 23.7 Å². The number of alkyl halides is 3. The Labute approximate surface area is 204 Å². The van der Waals surface area contributed by atoms with Gasteiger partial charge in [0.25, 0.3) is 0 Å². The number of allylic oxidation sites excluding steroid dienone is 1. The van der Waals surface area contributed by atoms with Crippen molar-refractivity contribution in [3.8, 4) is 0 Å². The van der Waals surface area contributed by atoms with E-state index in [1.165, 1.54) is 6.42 Å². The van der Waals surface area contributed by atoms with E-state index < -0.39 is 23.0 Å². The monoisotopic (exact) mass is 494 g/mol. The SMILES string of the molecule is CC12CCC(O)(C(F)(F)F)CC1=CCC1C2CCC2(C)C(CC[S+]([O-])c3ccccc3)CCC12. The molecule has 5 rings (SSSR count). The van der Waals surface area contributed by atoms with Gasteiger partial charge in [0, 0.05) is 6.42 Å². The van der Waals surface area contributed by atoms with E-state index >= 15 is 0 Å². The number of hydrogen-bond acceptors (Lipinski definition) is 2. The van der Waals surface area contributed by atoms with Gasteiger partial charge in [0.15, 0.2) is 10.5 Å². The zero-order chi connectivity index (χ0) is 24.4. The topological polar surface area (TPSA) is 43.3 Å². The maximum atomic E-state index is 13.6. The van der Waals surface area contributed by atoms with E-state index in [0.29, 0.717) is 35.8 Å². The molecular weight excluding hydrogens is 457 g/mol. The van der Waals surface area contributed by atoms with Crippen LogP contribution in [-0.4, -0.2) is 27.2 Å². The number of halogens is 3. The summed E-state index contributed by atoms with van der Waals surface area (Å²) in [4.78, 5) is 0.903. The molecule has 0 spiro atoms. The van der Waals surface area contributed by atoms with Gasteiger partial charge in [-0.1, -0.05) is 43.7 Å². The van der Waals surface area contributed by atoms with Crippen LogP contribution in [0.4, 0.5) is 13.2 Å². The van der Waals surface area contributed by atoms with E-state index in [4.69, 9.17) is 0 Å². The van der Waals surface area contributed by atoms with E-state index in [9.17, 15) is 22.8 Å². The van der Waals surface area contributed by atoms with Gasteiger partial charge in [-0.25, -0.2) is 0 Å². The fourth-order valence-corrected chi connectivity index (χ4v) is 9.61. The Morgan fingerprint density at radius 1 is 1.03 bits per heavy atom. The first-order valence-corrected chi connectivity index (χ1v) is 14.2. The normalized spacial score (nSPS) is 42.9.